The van der Waals surface area contributed by atoms with Gasteiger partial charge in [-0.1, -0.05) is 35.9 Å². The Bertz CT molecular complexity index is 1150. The average molecular weight is 436 g/mol. The van der Waals surface area contributed by atoms with Gasteiger partial charge in [-0.3, -0.25) is 9.78 Å². The number of hydrogen-bond acceptors (Lipinski definition) is 5. The van der Waals surface area contributed by atoms with Crippen LogP contribution < -0.4 is 10.1 Å². The minimum absolute atomic E-state index is 0.216. The number of para-hydroxylation sites is 1. The molecular weight excluding hydrogens is 418 g/mol. The molecule has 0 spiro atoms. The van der Waals surface area contributed by atoms with Gasteiger partial charge in [-0.2, -0.15) is 0 Å². The van der Waals surface area contributed by atoms with Crippen LogP contribution >= 0.6 is 22.9 Å². The van der Waals surface area contributed by atoms with Crippen molar-refractivity contribution < 1.29 is 9.53 Å². The van der Waals surface area contributed by atoms with Gasteiger partial charge in [0.05, 0.1) is 5.56 Å². The number of hydrogen-bond donors (Lipinski definition) is 1. The highest BCUT2D eigenvalue weighted by molar-refractivity contribution is 7.13. The van der Waals surface area contributed by atoms with Gasteiger partial charge in [0.15, 0.2) is 0 Å². The number of pyridine rings is 1. The number of nitrogens with zero attached hydrogens (tertiary/aromatic N) is 2. The van der Waals surface area contributed by atoms with Crippen LogP contribution in [0.4, 0.5) is 0 Å². The summed E-state index contributed by atoms with van der Waals surface area (Å²) in [5, 5.41) is 6.04. The van der Waals surface area contributed by atoms with Crippen molar-refractivity contribution in [3.63, 3.8) is 0 Å². The second kappa shape index (κ2) is 9.52. The topological polar surface area (TPSA) is 64.1 Å². The molecular formula is C23H18ClN3O2S. The zero-order valence-electron chi connectivity index (χ0n) is 15.9. The van der Waals surface area contributed by atoms with Crippen LogP contribution in [0.3, 0.4) is 0 Å². The lowest BCUT2D eigenvalue weighted by Gasteiger charge is -2.10. The number of carbonyl (C=O) groups is 1. The average Bonchev–Trinajstić information content (AvgIpc) is 3.27. The molecule has 0 bridgehead atoms. The minimum atomic E-state index is -0.216. The molecule has 0 radical (unpaired) electrons. The SMILES string of the molecule is O=C(NCc1ccncc1)c1csc(-c2ccccc2OCc2cccc(Cl)c2)n1. The molecule has 1 N–H and O–H groups in total. The molecule has 0 aliphatic rings. The fourth-order valence-electron chi connectivity index (χ4n) is 2.83. The molecule has 0 atom stereocenters. The number of carbonyl (C=O) groups excluding carboxylic acids is 1. The van der Waals surface area contributed by atoms with Gasteiger partial charge in [-0.25, -0.2) is 4.98 Å². The number of nitrogens with one attached hydrogen (secondary N) is 1. The van der Waals surface area contributed by atoms with E-state index in [0.29, 0.717) is 29.6 Å². The van der Waals surface area contributed by atoms with Gasteiger partial charge in [-0.05, 0) is 47.5 Å². The lowest BCUT2D eigenvalue weighted by molar-refractivity contribution is 0.0946. The van der Waals surface area contributed by atoms with Crippen LogP contribution in [0.5, 0.6) is 5.75 Å². The van der Waals surface area contributed by atoms with Gasteiger partial charge >= 0.3 is 0 Å². The van der Waals surface area contributed by atoms with Crippen LogP contribution in [-0.4, -0.2) is 15.9 Å². The summed E-state index contributed by atoms with van der Waals surface area (Å²) in [6, 6.07) is 18.9. The Kier molecular flexibility index (Phi) is 6.37. The van der Waals surface area contributed by atoms with Crippen molar-refractivity contribution in [2.75, 3.05) is 0 Å². The summed E-state index contributed by atoms with van der Waals surface area (Å²) in [7, 11) is 0. The predicted octanol–water partition coefficient (Wildman–Crippen LogP) is 5.37. The van der Waals surface area contributed by atoms with Gasteiger partial charge in [0.1, 0.15) is 23.1 Å². The van der Waals surface area contributed by atoms with Crippen LogP contribution in [-0.2, 0) is 13.2 Å². The van der Waals surface area contributed by atoms with Crippen molar-refractivity contribution >= 4 is 28.8 Å². The number of halogens is 1. The molecule has 4 aromatic rings. The number of ether oxygens (including phenoxy) is 1. The molecule has 0 fully saturated rings. The van der Waals surface area contributed by atoms with Crippen LogP contribution in [0, 0.1) is 0 Å². The maximum absolute atomic E-state index is 12.5. The lowest BCUT2D eigenvalue weighted by Crippen LogP contribution is -2.23. The van der Waals surface area contributed by atoms with Gasteiger partial charge < -0.3 is 10.1 Å². The number of thiazole rings is 1. The lowest BCUT2D eigenvalue weighted by atomic mass is 10.2. The summed E-state index contributed by atoms with van der Waals surface area (Å²) in [5.41, 5.74) is 3.19. The third kappa shape index (κ3) is 5.03. The van der Waals surface area contributed by atoms with Crippen molar-refractivity contribution in [3.05, 3.63) is 100 Å². The highest BCUT2D eigenvalue weighted by atomic mass is 35.5. The van der Waals surface area contributed by atoms with Crippen LogP contribution in [0.25, 0.3) is 10.6 Å². The molecule has 150 valence electrons. The molecule has 4 rings (SSSR count). The third-order valence-electron chi connectivity index (χ3n) is 4.34. The molecule has 0 aliphatic heterocycles. The Morgan fingerprint density at radius 1 is 1.03 bits per heavy atom. The Labute approximate surface area is 183 Å². The van der Waals surface area contributed by atoms with Crippen molar-refractivity contribution in [1.82, 2.24) is 15.3 Å². The quantitative estimate of drug-likeness (QED) is 0.424. The van der Waals surface area contributed by atoms with E-state index in [1.165, 1.54) is 11.3 Å². The maximum Gasteiger partial charge on any atom is 0.271 e. The number of benzene rings is 2. The van der Waals surface area contributed by atoms with Crippen LogP contribution in [0.1, 0.15) is 21.6 Å². The highest BCUT2D eigenvalue weighted by Crippen LogP contribution is 2.32. The summed E-state index contributed by atoms with van der Waals surface area (Å²) < 4.78 is 6.01. The van der Waals surface area contributed by atoms with Gasteiger partial charge in [-0.15, -0.1) is 11.3 Å². The molecule has 2 aromatic heterocycles. The summed E-state index contributed by atoms with van der Waals surface area (Å²) in [6.07, 6.45) is 3.39. The second-order valence-corrected chi connectivity index (χ2v) is 7.79. The molecule has 7 heteroatoms. The largest absolute Gasteiger partial charge is 0.488 e. The molecule has 30 heavy (non-hydrogen) atoms. The predicted molar refractivity (Wildman–Crippen MR) is 119 cm³/mol. The summed E-state index contributed by atoms with van der Waals surface area (Å²) in [5.74, 6) is 0.488. The standard InChI is InChI=1S/C23H18ClN3O2S/c24-18-5-3-4-17(12-18)14-29-21-7-2-1-6-19(21)23-27-20(15-30-23)22(28)26-13-16-8-10-25-11-9-16/h1-12,15H,13-14H2,(H,26,28). The Hall–Kier alpha value is -3.22. The highest BCUT2D eigenvalue weighted by Gasteiger charge is 2.14. The first-order chi connectivity index (χ1) is 14.7. The Morgan fingerprint density at radius 3 is 2.70 bits per heavy atom. The zero-order chi connectivity index (χ0) is 20.8. The van der Waals surface area contributed by atoms with E-state index < -0.39 is 0 Å². The molecule has 2 aromatic carbocycles. The monoisotopic (exact) mass is 435 g/mol. The van der Waals surface area contributed by atoms with E-state index in [9.17, 15) is 4.79 Å². The maximum atomic E-state index is 12.5. The van der Waals surface area contributed by atoms with Crippen molar-refractivity contribution in [3.8, 4) is 16.3 Å². The third-order valence-corrected chi connectivity index (χ3v) is 5.45. The molecule has 0 aliphatic carbocycles. The van der Waals surface area contributed by atoms with E-state index in [2.05, 4.69) is 15.3 Å². The van der Waals surface area contributed by atoms with E-state index in [-0.39, 0.29) is 5.91 Å². The van der Waals surface area contributed by atoms with Gasteiger partial charge in [0.2, 0.25) is 0 Å². The van der Waals surface area contributed by atoms with E-state index in [1.54, 1.807) is 17.8 Å². The van der Waals surface area contributed by atoms with E-state index in [0.717, 1.165) is 21.7 Å². The van der Waals surface area contributed by atoms with E-state index in [4.69, 9.17) is 16.3 Å². The summed E-state index contributed by atoms with van der Waals surface area (Å²) in [6.45, 7) is 0.815. The first kappa shape index (κ1) is 20.1. The normalized spacial score (nSPS) is 10.6. The van der Waals surface area contributed by atoms with Crippen molar-refractivity contribution in [2.24, 2.45) is 0 Å². The van der Waals surface area contributed by atoms with Gasteiger partial charge in [0, 0.05) is 29.3 Å². The first-order valence-electron chi connectivity index (χ1n) is 9.28. The minimum Gasteiger partial charge on any atom is -0.488 e. The number of rotatable bonds is 7. The molecule has 0 saturated carbocycles. The zero-order valence-corrected chi connectivity index (χ0v) is 17.5. The van der Waals surface area contributed by atoms with Gasteiger partial charge in [0.25, 0.3) is 5.91 Å². The number of amides is 1. The number of aromatic nitrogens is 2. The molecule has 2 heterocycles. The molecule has 1 amide bonds. The van der Waals surface area contributed by atoms with E-state index in [1.807, 2.05) is 60.7 Å². The second-order valence-electron chi connectivity index (χ2n) is 6.49. The summed E-state index contributed by atoms with van der Waals surface area (Å²) >= 11 is 7.45. The Balaban J connectivity index is 1.46. The van der Waals surface area contributed by atoms with Crippen molar-refractivity contribution in [2.45, 2.75) is 13.2 Å². The summed E-state index contributed by atoms with van der Waals surface area (Å²) in [4.78, 5) is 21.0. The fourth-order valence-corrected chi connectivity index (χ4v) is 3.87. The fraction of sp³-hybridized carbons (Fsp3) is 0.0870. The molecule has 0 unspecified atom stereocenters. The van der Waals surface area contributed by atoms with Crippen molar-refractivity contribution in [1.29, 1.82) is 0 Å². The Morgan fingerprint density at radius 2 is 1.87 bits per heavy atom. The molecule has 0 saturated heterocycles. The van der Waals surface area contributed by atoms with Crippen LogP contribution in [0.15, 0.2) is 78.4 Å². The van der Waals surface area contributed by atoms with Crippen LogP contribution in [0.2, 0.25) is 5.02 Å². The first-order valence-corrected chi connectivity index (χ1v) is 10.5. The molecule has 5 nitrogen and oxygen atoms in total. The smallest absolute Gasteiger partial charge is 0.271 e. The van der Waals surface area contributed by atoms with E-state index >= 15 is 0 Å².